The first-order valence-corrected chi connectivity index (χ1v) is 6.81. The van der Waals surface area contributed by atoms with E-state index in [1.165, 1.54) is 5.56 Å². The molecular formula is C18H14N2O2. The zero-order chi connectivity index (χ0) is 15.4. The van der Waals surface area contributed by atoms with Crippen LogP contribution in [0.5, 0.6) is 5.75 Å². The minimum atomic E-state index is 0.298. The van der Waals surface area contributed by atoms with Gasteiger partial charge in [0, 0.05) is 11.1 Å². The molecule has 0 aliphatic heterocycles. The predicted octanol–water partition coefficient (Wildman–Crippen LogP) is 3.45. The quantitative estimate of drug-likeness (QED) is 0.678. The Morgan fingerprint density at radius 2 is 1.64 bits per heavy atom. The van der Waals surface area contributed by atoms with E-state index in [4.69, 9.17) is 9.15 Å². The summed E-state index contributed by atoms with van der Waals surface area (Å²) in [4.78, 5) is 0. The molecule has 0 unspecified atom stereocenters. The summed E-state index contributed by atoms with van der Waals surface area (Å²) in [5, 5.41) is 7.95. The summed E-state index contributed by atoms with van der Waals surface area (Å²) >= 11 is 0. The molecule has 108 valence electrons. The van der Waals surface area contributed by atoms with Crippen molar-refractivity contribution in [3.8, 4) is 29.0 Å². The van der Waals surface area contributed by atoms with Crippen molar-refractivity contribution >= 4 is 0 Å². The normalized spacial score (nSPS) is 9.91. The third-order valence-electron chi connectivity index (χ3n) is 3.13. The molecular weight excluding hydrogens is 276 g/mol. The van der Waals surface area contributed by atoms with Crippen molar-refractivity contribution in [3.05, 3.63) is 65.5 Å². The maximum atomic E-state index is 5.55. The van der Waals surface area contributed by atoms with Crippen LogP contribution >= 0.6 is 0 Å². The van der Waals surface area contributed by atoms with E-state index >= 15 is 0 Å². The second-order valence-electron chi connectivity index (χ2n) is 4.76. The summed E-state index contributed by atoms with van der Waals surface area (Å²) in [5.74, 6) is 7.40. The topological polar surface area (TPSA) is 48.2 Å². The number of hydrogen-bond donors (Lipinski definition) is 0. The Morgan fingerprint density at radius 1 is 0.909 bits per heavy atom. The standard InChI is InChI=1S/C18H14N2O2/c1-13-3-5-14(6-4-13)7-12-17-19-20-18(22-17)15-8-10-16(21-2)11-9-15/h3-6,8-11H,1-2H3. The number of nitrogens with zero attached hydrogens (tertiary/aromatic N) is 2. The van der Waals surface area contributed by atoms with Gasteiger partial charge >= 0.3 is 0 Å². The van der Waals surface area contributed by atoms with Crippen molar-refractivity contribution in [2.24, 2.45) is 0 Å². The molecule has 0 saturated heterocycles. The van der Waals surface area contributed by atoms with E-state index < -0.39 is 0 Å². The van der Waals surface area contributed by atoms with Crippen LogP contribution in [0.15, 0.2) is 52.9 Å². The minimum absolute atomic E-state index is 0.298. The Balaban J connectivity index is 1.80. The van der Waals surface area contributed by atoms with Gasteiger partial charge in [-0.25, -0.2) is 0 Å². The summed E-state index contributed by atoms with van der Waals surface area (Å²) in [7, 11) is 1.63. The van der Waals surface area contributed by atoms with Crippen molar-refractivity contribution in [3.63, 3.8) is 0 Å². The highest BCUT2D eigenvalue weighted by Crippen LogP contribution is 2.20. The van der Waals surface area contributed by atoms with Crippen LogP contribution in [0.3, 0.4) is 0 Å². The van der Waals surface area contributed by atoms with Crippen LogP contribution in [0.2, 0.25) is 0 Å². The number of benzene rings is 2. The lowest BCUT2D eigenvalue weighted by molar-refractivity contribution is 0.415. The van der Waals surface area contributed by atoms with Gasteiger partial charge in [-0.15, -0.1) is 5.10 Å². The van der Waals surface area contributed by atoms with Gasteiger partial charge in [0.1, 0.15) is 5.75 Å². The van der Waals surface area contributed by atoms with E-state index in [2.05, 4.69) is 22.0 Å². The molecule has 0 N–H and O–H groups in total. The number of aromatic nitrogens is 2. The summed E-state index contributed by atoms with van der Waals surface area (Å²) in [6.07, 6.45) is 0. The molecule has 0 atom stereocenters. The minimum Gasteiger partial charge on any atom is -0.497 e. The van der Waals surface area contributed by atoms with Crippen LogP contribution in [0.1, 0.15) is 17.0 Å². The molecule has 0 aliphatic rings. The largest absolute Gasteiger partial charge is 0.497 e. The van der Waals surface area contributed by atoms with Gasteiger partial charge in [0.25, 0.3) is 5.89 Å². The van der Waals surface area contributed by atoms with E-state index in [-0.39, 0.29) is 0 Å². The lowest BCUT2D eigenvalue weighted by Gasteiger charge is -1.98. The molecule has 4 heteroatoms. The molecule has 1 aromatic heterocycles. The Bertz CT molecular complexity index is 822. The highest BCUT2D eigenvalue weighted by molar-refractivity contribution is 5.54. The molecule has 2 aromatic carbocycles. The molecule has 22 heavy (non-hydrogen) atoms. The van der Waals surface area contributed by atoms with Crippen LogP contribution in [0.4, 0.5) is 0 Å². The van der Waals surface area contributed by atoms with Crippen LogP contribution in [-0.4, -0.2) is 17.3 Å². The third kappa shape index (κ3) is 3.15. The van der Waals surface area contributed by atoms with Crippen LogP contribution in [-0.2, 0) is 0 Å². The summed E-state index contributed by atoms with van der Waals surface area (Å²) in [6.45, 7) is 2.04. The highest BCUT2D eigenvalue weighted by Gasteiger charge is 2.06. The Morgan fingerprint density at radius 3 is 2.32 bits per heavy atom. The number of ether oxygens (including phenoxy) is 1. The zero-order valence-electron chi connectivity index (χ0n) is 12.3. The maximum absolute atomic E-state index is 5.55. The van der Waals surface area contributed by atoms with Gasteiger partial charge in [-0.3, -0.25) is 0 Å². The van der Waals surface area contributed by atoms with Gasteiger partial charge in [0.15, 0.2) is 0 Å². The first kappa shape index (κ1) is 13.9. The fourth-order valence-electron chi connectivity index (χ4n) is 1.89. The van der Waals surface area contributed by atoms with Crippen molar-refractivity contribution in [1.82, 2.24) is 10.2 Å². The molecule has 3 aromatic rings. The number of methoxy groups -OCH3 is 1. The fourth-order valence-corrected chi connectivity index (χ4v) is 1.89. The second-order valence-corrected chi connectivity index (χ2v) is 4.76. The molecule has 1 heterocycles. The van der Waals surface area contributed by atoms with Crippen molar-refractivity contribution < 1.29 is 9.15 Å². The second kappa shape index (κ2) is 6.15. The Labute approximate surface area is 128 Å². The van der Waals surface area contributed by atoms with E-state index in [0.29, 0.717) is 11.8 Å². The van der Waals surface area contributed by atoms with Crippen molar-refractivity contribution in [2.75, 3.05) is 7.11 Å². The average Bonchev–Trinajstić information content (AvgIpc) is 3.03. The van der Waals surface area contributed by atoms with Crippen molar-refractivity contribution in [2.45, 2.75) is 6.92 Å². The maximum Gasteiger partial charge on any atom is 0.294 e. The van der Waals surface area contributed by atoms with E-state index in [9.17, 15) is 0 Å². The van der Waals surface area contributed by atoms with Gasteiger partial charge in [-0.05, 0) is 49.2 Å². The highest BCUT2D eigenvalue weighted by atomic mass is 16.5. The van der Waals surface area contributed by atoms with Crippen LogP contribution in [0, 0.1) is 18.8 Å². The van der Waals surface area contributed by atoms with Crippen LogP contribution < -0.4 is 4.74 Å². The zero-order valence-corrected chi connectivity index (χ0v) is 12.3. The summed E-state index contributed by atoms with van der Waals surface area (Å²) in [5.41, 5.74) is 2.94. The average molecular weight is 290 g/mol. The van der Waals surface area contributed by atoms with E-state index in [0.717, 1.165) is 16.9 Å². The molecule has 0 spiro atoms. The third-order valence-corrected chi connectivity index (χ3v) is 3.13. The molecule has 0 radical (unpaired) electrons. The molecule has 0 saturated carbocycles. The van der Waals surface area contributed by atoms with Crippen LogP contribution in [0.25, 0.3) is 11.5 Å². The van der Waals surface area contributed by atoms with Crippen molar-refractivity contribution in [1.29, 1.82) is 0 Å². The Hall–Kier alpha value is -3.06. The Kier molecular flexibility index (Phi) is 3.88. The van der Waals surface area contributed by atoms with Gasteiger partial charge in [-0.2, -0.15) is 0 Å². The van der Waals surface area contributed by atoms with Gasteiger partial charge < -0.3 is 9.15 Å². The smallest absolute Gasteiger partial charge is 0.294 e. The van der Waals surface area contributed by atoms with Gasteiger partial charge in [0.05, 0.1) is 7.11 Å². The summed E-state index contributed by atoms with van der Waals surface area (Å²) < 4.78 is 10.7. The molecule has 0 bridgehead atoms. The van der Waals surface area contributed by atoms with E-state index in [1.807, 2.05) is 55.5 Å². The monoisotopic (exact) mass is 290 g/mol. The molecule has 3 rings (SSSR count). The molecule has 0 fully saturated rings. The molecule has 0 amide bonds. The number of rotatable bonds is 2. The first-order valence-electron chi connectivity index (χ1n) is 6.81. The van der Waals surface area contributed by atoms with Gasteiger partial charge in [0.2, 0.25) is 5.89 Å². The van der Waals surface area contributed by atoms with Gasteiger partial charge in [-0.1, -0.05) is 28.7 Å². The lowest BCUT2D eigenvalue weighted by Crippen LogP contribution is -1.82. The fraction of sp³-hybridized carbons (Fsp3) is 0.111. The first-order chi connectivity index (χ1) is 10.7. The number of aryl methyl sites for hydroxylation is 1. The molecule has 0 aliphatic carbocycles. The SMILES string of the molecule is COc1ccc(-c2nnc(C#Cc3ccc(C)cc3)o2)cc1. The summed E-state index contributed by atoms with van der Waals surface area (Å²) in [6, 6.07) is 15.4. The van der Waals surface area contributed by atoms with E-state index in [1.54, 1.807) is 7.11 Å². The predicted molar refractivity (Wildman–Crippen MR) is 83.4 cm³/mol. The molecule has 4 nitrogen and oxygen atoms in total. The lowest BCUT2D eigenvalue weighted by atomic mass is 10.2. The number of hydrogen-bond acceptors (Lipinski definition) is 4.